The maximum absolute atomic E-state index is 13.9. The SMILES string of the molecule is CC(C)c1cc(C(C)C)c(S(=O)(=O)N2NN=NC2c2ccccn2)c(C(C)C)c1. The number of benzene rings is 1. The third-order valence-corrected chi connectivity index (χ3v) is 6.87. The van der Waals surface area contributed by atoms with Crippen LogP contribution in [0.3, 0.4) is 0 Å². The molecule has 2 aromatic rings. The summed E-state index contributed by atoms with van der Waals surface area (Å²) < 4.78 is 28.8. The Hall–Kier alpha value is -2.32. The maximum Gasteiger partial charge on any atom is 0.264 e. The molecule has 1 aliphatic heterocycles. The minimum Gasteiger partial charge on any atom is -0.257 e. The second kappa shape index (κ2) is 8.20. The molecule has 0 fully saturated rings. The zero-order valence-electron chi connectivity index (χ0n) is 17.8. The van der Waals surface area contributed by atoms with Crippen LogP contribution in [-0.2, 0) is 10.0 Å². The van der Waals surface area contributed by atoms with E-state index in [9.17, 15) is 8.42 Å². The van der Waals surface area contributed by atoms with E-state index < -0.39 is 16.2 Å². The van der Waals surface area contributed by atoms with Gasteiger partial charge in [0.1, 0.15) is 0 Å². The van der Waals surface area contributed by atoms with Crippen LogP contribution in [0.1, 0.15) is 87.8 Å². The van der Waals surface area contributed by atoms with Gasteiger partial charge < -0.3 is 0 Å². The molecule has 0 spiro atoms. The summed E-state index contributed by atoms with van der Waals surface area (Å²) in [6.45, 7) is 12.3. The molecule has 29 heavy (non-hydrogen) atoms. The molecule has 8 heteroatoms. The van der Waals surface area contributed by atoms with Crippen LogP contribution in [0.4, 0.5) is 0 Å². The van der Waals surface area contributed by atoms with E-state index in [0.717, 1.165) is 21.1 Å². The molecule has 0 amide bonds. The summed E-state index contributed by atoms with van der Waals surface area (Å²) in [5.74, 6) is 0.388. The van der Waals surface area contributed by atoms with Crippen molar-refractivity contribution in [1.82, 2.24) is 14.9 Å². The van der Waals surface area contributed by atoms with Crippen molar-refractivity contribution in [3.63, 3.8) is 0 Å². The fourth-order valence-corrected chi connectivity index (χ4v) is 5.34. The summed E-state index contributed by atoms with van der Waals surface area (Å²) in [6.07, 6.45) is 0.774. The molecule has 1 aromatic carbocycles. The van der Waals surface area contributed by atoms with Gasteiger partial charge in [0.15, 0.2) is 0 Å². The molecule has 0 bridgehead atoms. The quantitative estimate of drug-likeness (QED) is 0.717. The predicted octanol–water partition coefficient (Wildman–Crippen LogP) is 5.03. The van der Waals surface area contributed by atoms with Crippen LogP contribution in [-0.4, -0.2) is 17.8 Å². The van der Waals surface area contributed by atoms with E-state index in [1.165, 1.54) is 0 Å². The van der Waals surface area contributed by atoms with Gasteiger partial charge in [-0.25, -0.2) is 14.0 Å². The summed E-state index contributed by atoms with van der Waals surface area (Å²) in [6, 6.07) is 9.37. The Kier molecular flexibility index (Phi) is 6.05. The molecule has 1 unspecified atom stereocenters. The van der Waals surface area contributed by atoms with Crippen molar-refractivity contribution in [1.29, 1.82) is 0 Å². The van der Waals surface area contributed by atoms with Crippen molar-refractivity contribution in [2.45, 2.75) is 70.4 Å². The zero-order valence-corrected chi connectivity index (χ0v) is 18.6. The predicted molar refractivity (Wildman–Crippen MR) is 113 cm³/mol. The van der Waals surface area contributed by atoms with Crippen molar-refractivity contribution in [3.8, 4) is 0 Å². The highest BCUT2D eigenvalue weighted by molar-refractivity contribution is 7.89. The Labute approximate surface area is 173 Å². The van der Waals surface area contributed by atoms with Gasteiger partial charge in [0.2, 0.25) is 6.17 Å². The molecular formula is C21H29N5O2S. The standard InChI is InChI=1S/C21H29N5O2S/c1-13(2)16-11-17(14(3)4)20(18(12-16)15(5)6)29(27,28)26-21(23-24-25-26)19-9-7-8-10-22-19/h7-15,21H,1-6H3,(H,23,25). The van der Waals surface area contributed by atoms with Crippen LogP contribution in [0.5, 0.6) is 0 Å². The number of pyridine rings is 1. The highest BCUT2D eigenvalue weighted by Crippen LogP contribution is 2.39. The van der Waals surface area contributed by atoms with E-state index in [2.05, 4.69) is 34.7 Å². The molecular weight excluding hydrogens is 386 g/mol. The molecule has 7 nitrogen and oxygen atoms in total. The van der Waals surface area contributed by atoms with Gasteiger partial charge in [0.25, 0.3) is 10.0 Å². The first-order valence-electron chi connectivity index (χ1n) is 9.93. The summed E-state index contributed by atoms with van der Waals surface area (Å²) in [7, 11) is -3.94. The smallest absolute Gasteiger partial charge is 0.257 e. The summed E-state index contributed by atoms with van der Waals surface area (Å²) in [4.78, 5) is 4.61. The molecule has 156 valence electrons. The Bertz CT molecular complexity index is 972. The fraction of sp³-hybridized carbons (Fsp3) is 0.476. The molecule has 1 aromatic heterocycles. The van der Waals surface area contributed by atoms with Crippen LogP contribution < -0.4 is 5.53 Å². The average Bonchev–Trinajstić information content (AvgIpc) is 3.18. The second-order valence-electron chi connectivity index (χ2n) is 8.24. The largest absolute Gasteiger partial charge is 0.264 e. The van der Waals surface area contributed by atoms with Crippen molar-refractivity contribution in [2.24, 2.45) is 10.3 Å². The van der Waals surface area contributed by atoms with Gasteiger partial charge in [-0.3, -0.25) is 4.98 Å². The Morgan fingerprint density at radius 1 is 0.966 bits per heavy atom. The highest BCUT2D eigenvalue weighted by atomic mass is 32.2. The van der Waals surface area contributed by atoms with Gasteiger partial charge in [-0.05, 0) is 46.6 Å². The number of rotatable bonds is 6. The third kappa shape index (κ3) is 4.04. The molecule has 0 saturated carbocycles. The van der Waals surface area contributed by atoms with E-state index in [0.29, 0.717) is 16.5 Å². The van der Waals surface area contributed by atoms with Crippen LogP contribution in [0.25, 0.3) is 0 Å². The Balaban J connectivity index is 2.20. The van der Waals surface area contributed by atoms with Gasteiger partial charge in [-0.15, -0.1) is 5.11 Å². The molecule has 1 aliphatic rings. The maximum atomic E-state index is 13.9. The molecule has 2 heterocycles. The number of aromatic nitrogens is 1. The van der Waals surface area contributed by atoms with Crippen LogP contribution in [0.15, 0.2) is 51.8 Å². The van der Waals surface area contributed by atoms with E-state index in [1.54, 1.807) is 24.4 Å². The number of sulfonamides is 1. The molecule has 0 saturated heterocycles. The van der Waals surface area contributed by atoms with E-state index >= 15 is 0 Å². The van der Waals surface area contributed by atoms with Gasteiger partial charge in [0, 0.05) is 6.20 Å². The summed E-state index contributed by atoms with van der Waals surface area (Å²) in [5.41, 5.74) is 5.86. The number of hydrogen-bond donors (Lipinski definition) is 1. The van der Waals surface area contributed by atoms with E-state index in [-0.39, 0.29) is 11.8 Å². The average molecular weight is 416 g/mol. The first-order valence-corrected chi connectivity index (χ1v) is 11.4. The first kappa shape index (κ1) is 21.4. The van der Waals surface area contributed by atoms with Crippen LogP contribution in [0.2, 0.25) is 0 Å². The molecule has 0 radical (unpaired) electrons. The second-order valence-corrected chi connectivity index (χ2v) is 9.99. The number of nitrogens with zero attached hydrogens (tertiary/aromatic N) is 4. The van der Waals surface area contributed by atoms with Gasteiger partial charge >= 0.3 is 0 Å². The molecule has 1 atom stereocenters. The monoisotopic (exact) mass is 415 g/mol. The summed E-state index contributed by atoms with van der Waals surface area (Å²) in [5, 5.41) is 7.86. The topological polar surface area (TPSA) is 87.0 Å². The number of nitrogens with one attached hydrogen (secondary N) is 1. The lowest BCUT2D eigenvalue weighted by Crippen LogP contribution is -2.39. The lowest BCUT2D eigenvalue weighted by molar-refractivity contribution is 0.303. The zero-order chi connectivity index (χ0) is 21.3. The van der Waals surface area contributed by atoms with Crippen LogP contribution >= 0.6 is 0 Å². The highest BCUT2D eigenvalue weighted by Gasteiger charge is 2.40. The minimum atomic E-state index is -3.94. The lowest BCUT2D eigenvalue weighted by Gasteiger charge is -2.27. The number of hydrazine groups is 1. The van der Waals surface area contributed by atoms with Gasteiger partial charge in [-0.2, -0.15) is 0 Å². The van der Waals surface area contributed by atoms with Crippen molar-refractivity contribution < 1.29 is 8.42 Å². The number of hydrogen-bond acceptors (Lipinski definition) is 6. The van der Waals surface area contributed by atoms with Crippen LogP contribution in [0, 0.1) is 0 Å². The molecule has 1 N–H and O–H groups in total. The normalized spacial score (nSPS) is 17.5. The summed E-state index contributed by atoms with van der Waals surface area (Å²) >= 11 is 0. The van der Waals surface area contributed by atoms with Crippen molar-refractivity contribution >= 4 is 10.0 Å². The van der Waals surface area contributed by atoms with Crippen molar-refractivity contribution in [2.75, 3.05) is 0 Å². The van der Waals surface area contributed by atoms with Gasteiger partial charge in [0.05, 0.1) is 10.6 Å². The Morgan fingerprint density at radius 3 is 2.07 bits per heavy atom. The molecule has 0 aliphatic carbocycles. The Morgan fingerprint density at radius 2 is 1.59 bits per heavy atom. The van der Waals surface area contributed by atoms with E-state index in [4.69, 9.17) is 0 Å². The first-order chi connectivity index (χ1) is 13.6. The minimum absolute atomic E-state index is 0.0424. The van der Waals surface area contributed by atoms with Gasteiger partial charge in [-0.1, -0.05) is 69.4 Å². The van der Waals surface area contributed by atoms with Crippen molar-refractivity contribution in [3.05, 3.63) is 58.9 Å². The fourth-order valence-electron chi connectivity index (χ4n) is 3.41. The third-order valence-electron chi connectivity index (χ3n) is 5.08. The molecule has 3 rings (SSSR count). The lowest BCUT2D eigenvalue weighted by atomic mass is 9.89. The van der Waals surface area contributed by atoms with E-state index in [1.807, 2.05) is 39.8 Å².